The lowest BCUT2D eigenvalue weighted by Gasteiger charge is -2.19. The quantitative estimate of drug-likeness (QED) is 0.313. The summed E-state index contributed by atoms with van der Waals surface area (Å²) < 4.78 is 0. The van der Waals surface area contributed by atoms with E-state index in [9.17, 15) is 0 Å². The number of rotatable bonds is 0. The van der Waals surface area contributed by atoms with Crippen LogP contribution in [0.25, 0.3) is 0 Å². The van der Waals surface area contributed by atoms with Crippen LogP contribution in [0.5, 0.6) is 0 Å². The summed E-state index contributed by atoms with van der Waals surface area (Å²) in [6.07, 6.45) is 0. The van der Waals surface area contributed by atoms with Crippen LogP contribution < -0.4 is 0 Å². The average Bonchev–Trinajstić information content (AvgIpc) is 2.75. The zero-order valence-electron chi connectivity index (χ0n) is 24.5. The molecule has 0 aromatic heterocycles. The van der Waals surface area contributed by atoms with Crippen LogP contribution in [-0.2, 0) is 16.2 Å². The normalized spacial score (nSPS) is 11.1. The second-order valence-electron chi connectivity index (χ2n) is 11.9. The molecule has 34 heavy (non-hydrogen) atoms. The van der Waals surface area contributed by atoms with E-state index in [2.05, 4.69) is 155 Å². The summed E-state index contributed by atoms with van der Waals surface area (Å²) in [6, 6.07) is 28.0. The van der Waals surface area contributed by atoms with Gasteiger partial charge in [-0.25, -0.2) is 0 Å². The zero-order chi connectivity index (χ0) is 26.6. The van der Waals surface area contributed by atoms with Crippen molar-refractivity contribution in [3.05, 3.63) is 107 Å². The van der Waals surface area contributed by atoms with Gasteiger partial charge in [-0.05, 0) is 46.8 Å². The van der Waals surface area contributed by atoms with Crippen molar-refractivity contribution in [2.24, 2.45) is 0 Å². The minimum Gasteiger partial charge on any atom is -0.0683 e. The molecule has 0 heteroatoms. The Balaban J connectivity index is 0.000000463. The minimum atomic E-state index is 0.284. The van der Waals surface area contributed by atoms with Gasteiger partial charge in [-0.15, -0.1) is 0 Å². The van der Waals surface area contributed by atoms with Gasteiger partial charge in [0.25, 0.3) is 0 Å². The van der Waals surface area contributed by atoms with E-state index >= 15 is 0 Å². The molecule has 0 saturated carbocycles. The third-order valence-electron chi connectivity index (χ3n) is 5.44. The van der Waals surface area contributed by atoms with Gasteiger partial charge in [-0.2, -0.15) is 0 Å². The molecular formula is C34H52. The molecule has 0 aliphatic carbocycles. The maximum absolute atomic E-state index is 2.25. The third kappa shape index (κ3) is 12.8. The van der Waals surface area contributed by atoms with Crippen LogP contribution in [0.3, 0.4) is 0 Å². The molecule has 0 fully saturated rings. The fourth-order valence-electron chi connectivity index (χ4n) is 3.10. The molecule has 0 aliphatic rings. The van der Waals surface area contributed by atoms with Gasteiger partial charge >= 0.3 is 0 Å². The largest absolute Gasteiger partial charge is 0.0683 e. The highest BCUT2D eigenvalue weighted by Gasteiger charge is 2.13. The Morgan fingerprint density at radius 3 is 1.09 bits per heavy atom. The van der Waals surface area contributed by atoms with Crippen LogP contribution >= 0.6 is 0 Å². The predicted octanol–water partition coefficient (Wildman–Crippen LogP) is 10.6. The van der Waals surface area contributed by atoms with Crippen molar-refractivity contribution in [1.82, 2.24) is 0 Å². The molecule has 0 aliphatic heterocycles. The topological polar surface area (TPSA) is 0 Å². The van der Waals surface area contributed by atoms with Crippen LogP contribution in [0.4, 0.5) is 0 Å². The van der Waals surface area contributed by atoms with Gasteiger partial charge < -0.3 is 0 Å². The average molecular weight is 461 g/mol. The highest BCUT2D eigenvalue weighted by atomic mass is 14.2. The highest BCUT2D eigenvalue weighted by Crippen LogP contribution is 2.23. The molecular weight excluding hydrogens is 408 g/mol. The molecule has 0 unspecified atom stereocenters. The molecule has 3 rings (SSSR count). The summed E-state index contributed by atoms with van der Waals surface area (Å²) in [6.45, 7) is 28.3. The standard InChI is InChI=1S/2C11H16.C10H14.C2H6/c1-9-5-7-10(8-6-9)11(2,3)4;1-9-6-5-7-10(8-9)11(2,3)4;1-10(2,3)9-7-5-4-6-8-9;1-2/h2*5-8H,1-4H3;4-8H,1-3H3;1-2H3. The first-order valence-electron chi connectivity index (χ1n) is 12.8. The molecule has 3 aromatic carbocycles. The summed E-state index contributed by atoms with van der Waals surface area (Å²) in [5.74, 6) is 0. The van der Waals surface area contributed by atoms with Gasteiger partial charge in [-0.3, -0.25) is 0 Å². The first kappa shape index (κ1) is 31.7. The van der Waals surface area contributed by atoms with Crippen LogP contribution in [0, 0.1) is 13.8 Å². The molecule has 0 atom stereocenters. The van der Waals surface area contributed by atoms with Crippen molar-refractivity contribution < 1.29 is 0 Å². The van der Waals surface area contributed by atoms with Gasteiger partial charge in [0.2, 0.25) is 0 Å². The number of benzene rings is 3. The van der Waals surface area contributed by atoms with E-state index in [1.54, 1.807) is 0 Å². The maximum atomic E-state index is 2.25. The van der Waals surface area contributed by atoms with Crippen molar-refractivity contribution >= 4 is 0 Å². The van der Waals surface area contributed by atoms with E-state index < -0.39 is 0 Å². The van der Waals surface area contributed by atoms with Crippen molar-refractivity contribution in [3.8, 4) is 0 Å². The fourth-order valence-corrected chi connectivity index (χ4v) is 3.10. The van der Waals surface area contributed by atoms with Crippen molar-refractivity contribution in [2.45, 2.75) is 106 Å². The Labute approximate surface area is 212 Å². The molecule has 0 radical (unpaired) electrons. The van der Waals surface area contributed by atoms with E-state index in [1.807, 2.05) is 13.8 Å². The molecule has 0 heterocycles. The number of hydrogen-bond donors (Lipinski definition) is 0. The number of aryl methyl sites for hydroxylation is 2. The molecule has 0 spiro atoms. The molecule has 0 saturated heterocycles. The van der Waals surface area contributed by atoms with Crippen molar-refractivity contribution in [2.75, 3.05) is 0 Å². The lowest BCUT2D eigenvalue weighted by molar-refractivity contribution is 0.589. The lowest BCUT2D eigenvalue weighted by Crippen LogP contribution is -2.10. The first-order valence-corrected chi connectivity index (χ1v) is 12.8. The van der Waals surface area contributed by atoms with Gasteiger partial charge in [0.1, 0.15) is 0 Å². The van der Waals surface area contributed by atoms with Gasteiger partial charge in [0.15, 0.2) is 0 Å². The van der Waals surface area contributed by atoms with E-state index in [0.29, 0.717) is 5.41 Å². The summed E-state index contributed by atoms with van der Waals surface area (Å²) >= 11 is 0. The Hall–Kier alpha value is -2.34. The summed E-state index contributed by atoms with van der Waals surface area (Å²) in [5.41, 5.74) is 7.76. The first-order chi connectivity index (χ1) is 15.6. The Bertz CT molecular complexity index is 909. The maximum Gasteiger partial charge on any atom is -0.0132 e. The number of hydrogen-bond acceptors (Lipinski definition) is 0. The minimum absolute atomic E-state index is 0.284. The van der Waals surface area contributed by atoms with E-state index in [-0.39, 0.29) is 10.8 Å². The molecule has 3 aromatic rings. The molecule has 0 bridgehead atoms. The van der Waals surface area contributed by atoms with E-state index in [4.69, 9.17) is 0 Å². The van der Waals surface area contributed by atoms with Crippen LogP contribution in [-0.4, -0.2) is 0 Å². The Morgan fingerprint density at radius 2 is 0.765 bits per heavy atom. The second-order valence-corrected chi connectivity index (χ2v) is 11.9. The molecule has 0 N–H and O–H groups in total. The van der Waals surface area contributed by atoms with Gasteiger partial charge in [0.05, 0.1) is 0 Å². The van der Waals surface area contributed by atoms with Crippen LogP contribution in [0.1, 0.15) is 104 Å². The molecule has 188 valence electrons. The van der Waals surface area contributed by atoms with E-state index in [0.717, 1.165) is 0 Å². The monoisotopic (exact) mass is 460 g/mol. The van der Waals surface area contributed by atoms with Gasteiger partial charge in [0, 0.05) is 0 Å². The summed E-state index contributed by atoms with van der Waals surface area (Å²) in [7, 11) is 0. The molecule has 0 amide bonds. The molecule has 0 nitrogen and oxygen atoms in total. The zero-order valence-corrected chi connectivity index (χ0v) is 24.5. The second kappa shape index (κ2) is 14.1. The Kier molecular flexibility index (Phi) is 13.2. The van der Waals surface area contributed by atoms with Crippen molar-refractivity contribution in [3.63, 3.8) is 0 Å². The van der Waals surface area contributed by atoms with Crippen LogP contribution in [0.15, 0.2) is 78.9 Å². The summed E-state index contributed by atoms with van der Waals surface area (Å²) in [5, 5.41) is 0. The smallest absolute Gasteiger partial charge is 0.0132 e. The summed E-state index contributed by atoms with van der Waals surface area (Å²) in [4.78, 5) is 0. The lowest BCUT2D eigenvalue weighted by atomic mass is 9.86. The SMILES string of the molecule is CC.CC(C)(C)c1ccccc1.Cc1ccc(C(C)(C)C)cc1.Cc1cccc(C(C)(C)C)c1. The van der Waals surface area contributed by atoms with Crippen molar-refractivity contribution in [1.29, 1.82) is 0 Å². The Morgan fingerprint density at radius 1 is 0.382 bits per heavy atom. The highest BCUT2D eigenvalue weighted by molar-refractivity contribution is 5.28. The van der Waals surface area contributed by atoms with Crippen LogP contribution in [0.2, 0.25) is 0 Å². The fraction of sp³-hybridized carbons (Fsp3) is 0.471. The predicted molar refractivity (Wildman–Crippen MR) is 156 cm³/mol. The van der Waals surface area contributed by atoms with E-state index in [1.165, 1.54) is 27.8 Å². The third-order valence-corrected chi connectivity index (χ3v) is 5.44. The van der Waals surface area contributed by atoms with Gasteiger partial charge in [-0.1, -0.05) is 166 Å².